The zero-order valence-corrected chi connectivity index (χ0v) is 17.4. The van der Waals surface area contributed by atoms with E-state index < -0.39 is 0 Å². The van der Waals surface area contributed by atoms with Crippen molar-refractivity contribution < 1.29 is 9.59 Å². The molecule has 3 aliphatic rings. The first-order valence-corrected chi connectivity index (χ1v) is 10.3. The number of ketones is 2. The van der Waals surface area contributed by atoms with Crippen LogP contribution in [0.15, 0.2) is 69.8 Å². The Morgan fingerprint density at radius 2 is 1.71 bits per heavy atom. The maximum atomic E-state index is 13.4. The number of halogens is 1. The van der Waals surface area contributed by atoms with Gasteiger partial charge in [0, 0.05) is 44.8 Å². The van der Waals surface area contributed by atoms with Crippen molar-refractivity contribution in [1.82, 2.24) is 5.32 Å². The minimum atomic E-state index is -0.327. The summed E-state index contributed by atoms with van der Waals surface area (Å²) >= 11 is 3.55. The number of hydrogen-bond donors (Lipinski definition) is 1. The Labute approximate surface area is 172 Å². The summed E-state index contributed by atoms with van der Waals surface area (Å²) < 4.78 is 0.944. The van der Waals surface area contributed by atoms with Crippen LogP contribution in [0.5, 0.6) is 0 Å². The topological polar surface area (TPSA) is 46.2 Å². The van der Waals surface area contributed by atoms with Crippen LogP contribution in [0.25, 0.3) is 5.70 Å². The molecule has 5 rings (SSSR count). The van der Waals surface area contributed by atoms with Crippen molar-refractivity contribution in [2.45, 2.75) is 32.6 Å². The summed E-state index contributed by atoms with van der Waals surface area (Å²) in [4.78, 5) is 26.6. The van der Waals surface area contributed by atoms with E-state index in [-0.39, 0.29) is 22.9 Å². The first kappa shape index (κ1) is 17.6. The molecule has 0 radical (unpaired) electrons. The predicted molar refractivity (Wildman–Crippen MR) is 113 cm³/mol. The first-order valence-electron chi connectivity index (χ1n) is 9.53. The summed E-state index contributed by atoms with van der Waals surface area (Å²) in [5.74, 6) is -0.168. The Morgan fingerprint density at radius 1 is 0.964 bits per heavy atom. The van der Waals surface area contributed by atoms with Crippen LogP contribution in [0.1, 0.15) is 54.1 Å². The van der Waals surface area contributed by atoms with E-state index in [9.17, 15) is 9.59 Å². The molecule has 0 aromatic heterocycles. The number of carbonyl (C=O) groups is 2. The van der Waals surface area contributed by atoms with Crippen LogP contribution in [-0.2, 0) is 4.79 Å². The molecule has 4 heteroatoms. The van der Waals surface area contributed by atoms with Gasteiger partial charge in [0.25, 0.3) is 0 Å². The highest BCUT2D eigenvalue weighted by Crippen LogP contribution is 2.51. The second-order valence-corrected chi connectivity index (χ2v) is 9.53. The number of rotatable bonds is 1. The van der Waals surface area contributed by atoms with E-state index in [1.54, 1.807) is 0 Å². The molecule has 28 heavy (non-hydrogen) atoms. The van der Waals surface area contributed by atoms with E-state index in [1.165, 1.54) is 0 Å². The smallest absolute Gasteiger partial charge is 0.192 e. The van der Waals surface area contributed by atoms with Crippen LogP contribution in [0, 0.1) is 5.41 Å². The van der Waals surface area contributed by atoms with E-state index in [0.717, 1.165) is 39.0 Å². The normalized spacial score (nSPS) is 22.6. The first-order chi connectivity index (χ1) is 13.4. The van der Waals surface area contributed by atoms with Gasteiger partial charge in [-0.15, -0.1) is 0 Å². The maximum absolute atomic E-state index is 13.4. The highest BCUT2D eigenvalue weighted by atomic mass is 79.9. The van der Waals surface area contributed by atoms with Crippen LogP contribution in [0.2, 0.25) is 0 Å². The monoisotopic (exact) mass is 433 g/mol. The lowest BCUT2D eigenvalue weighted by Crippen LogP contribution is -2.37. The van der Waals surface area contributed by atoms with E-state index in [2.05, 4.69) is 35.1 Å². The fraction of sp³-hybridized carbons (Fsp3) is 0.250. The Bertz CT molecular complexity index is 1120. The number of benzene rings is 2. The molecule has 0 amide bonds. The molecule has 0 fully saturated rings. The van der Waals surface area contributed by atoms with Crippen LogP contribution >= 0.6 is 15.9 Å². The van der Waals surface area contributed by atoms with Gasteiger partial charge in [-0.1, -0.05) is 66.2 Å². The van der Waals surface area contributed by atoms with Gasteiger partial charge in [0.2, 0.25) is 0 Å². The molecule has 0 spiro atoms. The summed E-state index contributed by atoms with van der Waals surface area (Å²) in [5, 5.41) is 3.51. The number of carbonyl (C=O) groups excluding carboxylic acids is 2. The molecule has 0 saturated heterocycles. The minimum absolute atomic E-state index is 0.0206. The lowest BCUT2D eigenvalue weighted by molar-refractivity contribution is -0.118. The van der Waals surface area contributed by atoms with Gasteiger partial charge in [-0.2, -0.15) is 0 Å². The van der Waals surface area contributed by atoms with Gasteiger partial charge in [0.05, 0.1) is 5.70 Å². The molecular weight excluding hydrogens is 414 g/mol. The van der Waals surface area contributed by atoms with E-state index in [1.807, 2.05) is 48.5 Å². The molecule has 1 heterocycles. The van der Waals surface area contributed by atoms with Crippen molar-refractivity contribution in [3.63, 3.8) is 0 Å². The van der Waals surface area contributed by atoms with Gasteiger partial charge >= 0.3 is 0 Å². The van der Waals surface area contributed by atoms with Gasteiger partial charge in [-0.3, -0.25) is 9.59 Å². The van der Waals surface area contributed by atoms with Gasteiger partial charge in [-0.05, 0) is 29.5 Å². The number of dihydropyridines is 1. The number of Topliss-reactive ketones (excluding diaryl/α,β-unsaturated/α-hetero) is 2. The third-order valence-electron chi connectivity index (χ3n) is 5.91. The second-order valence-electron chi connectivity index (χ2n) is 8.61. The Hall–Kier alpha value is -2.46. The lowest BCUT2D eigenvalue weighted by atomic mass is 9.68. The molecule has 3 nitrogen and oxygen atoms in total. The molecule has 0 saturated carbocycles. The quantitative estimate of drug-likeness (QED) is 0.655. The lowest BCUT2D eigenvalue weighted by Gasteiger charge is -2.39. The molecule has 2 aromatic rings. The fourth-order valence-corrected chi connectivity index (χ4v) is 5.23. The van der Waals surface area contributed by atoms with E-state index >= 15 is 0 Å². The zero-order valence-electron chi connectivity index (χ0n) is 15.8. The zero-order chi connectivity index (χ0) is 19.6. The SMILES string of the molecule is CC1(C)CC(=O)C2=C(C1)NC1=C(C(=O)c3ccccc31)C2c1cccc(Br)c1. The van der Waals surface area contributed by atoms with Gasteiger partial charge in [0.15, 0.2) is 11.6 Å². The van der Waals surface area contributed by atoms with Gasteiger partial charge < -0.3 is 5.32 Å². The number of nitrogens with one attached hydrogen (secondary N) is 1. The Morgan fingerprint density at radius 3 is 2.46 bits per heavy atom. The summed E-state index contributed by atoms with van der Waals surface area (Å²) in [6.07, 6.45) is 1.30. The Balaban J connectivity index is 1.76. The number of allylic oxidation sites excluding steroid dienone is 3. The average Bonchev–Trinajstić information content (AvgIpc) is 2.92. The average molecular weight is 434 g/mol. The highest BCUT2D eigenvalue weighted by molar-refractivity contribution is 9.10. The maximum Gasteiger partial charge on any atom is 0.192 e. The van der Waals surface area contributed by atoms with Crippen LogP contribution in [-0.4, -0.2) is 11.6 Å². The van der Waals surface area contributed by atoms with Crippen molar-refractivity contribution in [3.8, 4) is 0 Å². The van der Waals surface area contributed by atoms with Gasteiger partial charge in [0.1, 0.15) is 0 Å². The van der Waals surface area contributed by atoms with Crippen LogP contribution in [0.3, 0.4) is 0 Å². The molecule has 2 aromatic carbocycles. The number of hydrogen-bond acceptors (Lipinski definition) is 3. The van der Waals surface area contributed by atoms with Crippen molar-refractivity contribution in [2.75, 3.05) is 0 Å². The summed E-state index contributed by atoms with van der Waals surface area (Å²) in [6, 6.07) is 15.7. The molecule has 1 N–H and O–H groups in total. The van der Waals surface area contributed by atoms with Crippen LogP contribution < -0.4 is 5.32 Å². The van der Waals surface area contributed by atoms with E-state index in [4.69, 9.17) is 0 Å². The van der Waals surface area contributed by atoms with E-state index in [0.29, 0.717) is 17.6 Å². The third kappa shape index (κ3) is 2.55. The fourth-order valence-electron chi connectivity index (χ4n) is 4.81. The molecule has 2 aliphatic carbocycles. The predicted octanol–water partition coefficient (Wildman–Crippen LogP) is 5.39. The molecule has 0 bridgehead atoms. The third-order valence-corrected chi connectivity index (χ3v) is 6.40. The second kappa shape index (κ2) is 6.02. The summed E-state index contributed by atoms with van der Waals surface area (Å²) in [6.45, 7) is 4.25. The number of fused-ring (bicyclic) bond motifs is 2. The minimum Gasteiger partial charge on any atom is -0.358 e. The molecule has 1 atom stereocenters. The van der Waals surface area contributed by atoms with Crippen LogP contribution in [0.4, 0.5) is 0 Å². The largest absolute Gasteiger partial charge is 0.358 e. The molecule has 1 unspecified atom stereocenters. The molecular formula is C24H20BrNO2. The highest BCUT2D eigenvalue weighted by Gasteiger charge is 2.46. The van der Waals surface area contributed by atoms with Crippen molar-refractivity contribution in [1.29, 1.82) is 0 Å². The standard InChI is InChI=1S/C24H20BrNO2/c1-24(2)11-17-20(18(27)12-24)19(13-6-5-7-14(25)10-13)21-22(26-17)15-8-3-4-9-16(15)23(21)28/h3-10,19,26H,11-12H2,1-2H3. The van der Waals surface area contributed by atoms with Crippen molar-refractivity contribution in [3.05, 3.63) is 86.5 Å². The summed E-state index contributed by atoms with van der Waals surface area (Å²) in [5.41, 5.74) is 5.83. The Kier molecular flexibility index (Phi) is 3.79. The summed E-state index contributed by atoms with van der Waals surface area (Å²) in [7, 11) is 0. The molecule has 1 aliphatic heterocycles. The van der Waals surface area contributed by atoms with Crippen molar-refractivity contribution >= 4 is 33.2 Å². The molecule has 140 valence electrons. The van der Waals surface area contributed by atoms with Crippen molar-refractivity contribution in [2.24, 2.45) is 5.41 Å². The van der Waals surface area contributed by atoms with Gasteiger partial charge in [-0.25, -0.2) is 0 Å².